The van der Waals surface area contributed by atoms with Crippen LogP contribution >= 0.6 is 11.6 Å². The van der Waals surface area contributed by atoms with E-state index in [1.54, 1.807) is 36.4 Å². The molecule has 0 unspecified atom stereocenters. The maximum atomic E-state index is 14.0. The Kier molecular flexibility index (Phi) is 8.90. The summed E-state index contributed by atoms with van der Waals surface area (Å²) in [5, 5.41) is 2.85. The summed E-state index contributed by atoms with van der Waals surface area (Å²) >= 11 is 6.19. The summed E-state index contributed by atoms with van der Waals surface area (Å²) < 4.78 is 79.7. The van der Waals surface area contributed by atoms with Crippen LogP contribution in [0.4, 0.5) is 18.9 Å². The SMILES string of the molecule is COC(=O)C1(c2ccc(OCCNC(=O)[C@@H]3Cc4ccccc4N3S(=O)(=O)c3ccc(-c4cc(C(F)(F)F)ccc4Cl)cc3)cc2)CC1. The van der Waals surface area contributed by atoms with Crippen LogP contribution in [0.3, 0.4) is 0 Å². The number of carbonyl (C=O) groups is 2. The number of hydrogen-bond donors (Lipinski definition) is 1. The highest BCUT2D eigenvalue weighted by molar-refractivity contribution is 7.93. The normalized spacial score (nSPS) is 16.6. The minimum atomic E-state index is -4.58. The standard InChI is InChI=1S/C35H30ClF3N2O6S/c1-46-33(43)34(16-17-34)24-8-11-26(12-9-24)47-19-18-40-32(42)31-20-23-4-2-3-5-30(23)41(31)48(44,45)27-13-6-22(7-14-27)28-21-25(35(37,38)39)10-15-29(28)36/h2-15,21,31H,16-20H2,1H3,(H,40,42)/t31-/m0/s1. The van der Waals surface area contributed by atoms with E-state index < -0.39 is 39.1 Å². The van der Waals surface area contributed by atoms with E-state index >= 15 is 0 Å². The molecule has 48 heavy (non-hydrogen) atoms. The van der Waals surface area contributed by atoms with Gasteiger partial charge in [0, 0.05) is 17.0 Å². The third-order valence-corrected chi connectivity index (χ3v) is 10.8. The number of benzene rings is 4. The molecule has 0 radical (unpaired) electrons. The first-order chi connectivity index (χ1) is 22.8. The van der Waals surface area contributed by atoms with Crippen molar-refractivity contribution in [3.05, 3.63) is 113 Å². The van der Waals surface area contributed by atoms with Crippen molar-refractivity contribution < 1.29 is 40.7 Å². The van der Waals surface area contributed by atoms with Crippen molar-refractivity contribution in [3.63, 3.8) is 0 Å². The first kappa shape index (κ1) is 33.4. The number of amides is 1. The largest absolute Gasteiger partial charge is 0.492 e. The number of fused-ring (bicyclic) bond motifs is 1. The van der Waals surface area contributed by atoms with E-state index in [1.165, 1.54) is 31.4 Å². The van der Waals surface area contributed by atoms with Crippen molar-refractivity contribution in [3.8, 4) is 16.9 Å². The lowest BCUT2D eigenvalue weighted by molar-refractivity contribution is -0.143. The van der Waals surface area contributed by atoms with E-state index in [4.69, 9.17) is 21.1 Å². The number of nitrogens with zero attached hydrogens (tertiary/aromatic N) is 1. The second-order valence-corrected chi connectivity index (χ2v) is 13.8. The Bertz CT molecular complexity index is 1960. The van der Waals surface area contributed by atoms with Gasteiger partial charge in [-0.2, -0.15) is 13.2 Å². The summed E-state index contributed by atoms with van der Waals surface area (Å²) in [5.74, 6) is -0.239. The van der Waals surface area contributed by atoms with Gasteiger partial charge in [0.15, 0.2) is 0 Å². The van der Waals surface area contributed by atoms with Crippen LogP contribution in [0.1, 0.15) is 29.5 Å². The van der Waals surface area contributed by atoms with Gasteiger partial charge in [-0.1, -0.05) is 54.1 Å². The van der Waals surface area contributed by atoms with E-state index in [1.807, 2.05) is 12.1 Å². The number of methoxy groups -OCH3 is 1. The average Bonchev–Trinajstić information content (AvgIpc) is 3.79. The van der Waals surface area contributed by atoms with Crippen LogP contribution in [-0.4, -0.2) is 46.6 Å². The van der Waals surface area contributed by atoms with Crippen LogP contribution in [0.5, 0.6) is 5.75 Å². The Labute approximate surface area is 280 Å². The highest BCUT2D eigenvalue weighted by atomic mass is 35.5. The number of para-hydroxylation sites is 1. The predicted molar refractivity (Wildman–Crippen MR) is 173 cm³/mol. The molecule has 0 aromatic heterocycles. The quantitative estimate of drug-likeness (QED) is 0.149. The molecule has 1 heterocycles. The molecule has 1 N–H and O–H groups in total. The first-order valence-electron chi connectivity index (χ1n) is 15.0. The fourth-order valence-corrected chi connectivity index (χ4v) is 7.83. The van der Waals surface area contributed by atoms with Gasteiger partial charge in [-0.15, -0.1) is 0 Å². The number of ether oxygens (including phenoxy) is 2. The van der Waals surface area contributed by atoms with E-state index in [0.717, 1.165) is 40.9 Å². The third-order valence-electron chi connectivity index (χ3n) is 8.65. The molecule has 0 saturated heterocycles. The van der Waals surface area contributed by atoms with Crippen molar-refractivity contribution in [2.45, 2.75) is 41.8 Å². The molecular formula is C35H30ClF3N2O6S. The molecule has 4 aromatic rings. The van der Waals surface area contributed by atoms with E-state index in [0.29, 0.717) is 22.6 Å². The van der Waals surface area contributed by atoms with Gasteiger partial charge in [-0.25, -0.2) is 8.42 Å². The van der Waals surface area contributed by atoms with Gasteiger partial charge >= 0.3 is 12.1 Å². The summed E-state index contributed by atoms with van der Waals surface area (Å²) in [7, 11) is -2.92. The summed E-state index contributed by atoms with van der Waals surface area (Å²) in [6.07, 6.45) is -2.98. The number of carbonyl (C=O) groups excluding carboxylic acids is 2. The molecule has 0 spiro atoms. The molecule has 1 fully saturated rings. The number of esters is 1. The Balaban J connectivity index is 1.14. The van der Waals surface area contributed by atoms with Gasteiger partial charge < -0.3 is 14.8 Å². The highest BCUT2D eigenvalue weighted by Crippen LogP contribution is 2.49. The van der Waals surface area contributed by atoms with Crippen molar-refractivity contribution in [2.24, 2.45) is 0 Å². The van der Waals surface area contributed by atoms with E-state index in [-0.39, 0.29) is 41.0 Å². The lowest BCUT2D eigenvalue weighted by atomic mass is 9.96. The predicted octanol–water partition coefficient (Wildman–Crippen LogP) is 6.55. The van der Waals surface area contributed by atoms with Crippen molar-refractivity contribution in [1.82, 2.24) is 5.32 Å². The number of hydrogen-bond acceptors (Lipinski definition) is 6. The third kappa shape index (κ3) is 6.34. The topological polar surface area (TPSA) is 102 Å². The summed E-state index contributed by atoms with van der Waals surface area (Å²) in [6.45, 7) is 0.207. The summed E-state index contributed by atoms with van der Waals surface area (Å²) in [4.78, 5) is 25.4. The molecule has 0 bridgehead atoms. The first-order valence-corrected chi connectivity index (χ1v) is 16.9. The fraction of sp³-hybridized carbons (Fsp3) is 0.257. The number of halogens is 4. The number of anilines is 1. The molecule has 1 aliphatic heterocycles. The monoisotopic (exact) mass is 698 g/mol. The molecule has 13 heteroatoms. The van der Waals surface area contributed by atoms with Crippen LogP contribution in [-0.2, 0) is 42.4 Å². The highest BCUT2D eigenvalue weighted by Gasteiger charge is 2.52. The van der Waals surface area contributed by atoms with Crippen molar-refractivity contribution >= 4 is 39.2 Å². The molecule has 4 aromatic carbocycles. The zero-order valence-corrected chi connectivity index (χ0v) is 27.2. The maximum Gasteiger partial charge on any atom is 0.416 e. The molecule has 250 valence electrons. The Morgan fingerprint density at radius 1 is 0.979 bits per heavy atom. The minimum Gasteiger partial charge on any atom is -0.492 e. The van der Waals surface area contributed by atoms with Gasteiger partial charge in [0.1, 0.15) is 18.4 Å². The second-order valence-electron chi connectivity index (χ2n) is 11.6. The molecule has 1 aliphatic carbocycles. The lowest BCUT2D eigenvalue weighted by Crippen LogP contribution is -2.48. The van der Waals surface area contributed by atoms with Gasteiger partial charge in [-0.3, -0.25) is 13.9 Å². The van der Waals surface area contributed by atoms with Gasteiger partial charge in [0.25, 0.3) is 10.0 Å². The molecular weight excluding hydrogens is 669 g/mol. The van der Waals surface area contributed by atoms with Crippen LogP contribution in [0.15, 0.2) is 95.9 Å². The number of nitrogens with one attached hydrogen (secondary N) is 1. The van der Waals surface area contributed by atoms with Crippen LogP contribution in [0.25, 0.3) is 11.1 Å². The molecule has 1 saturated carbocycles. The zero-order valence-electron chi connectivity index (χ0n) is 25.6. The molecule has 1 amide bonds. The number of alkyl halides is 3. The number of sulfonamides is 1. The zero-order chi connectivity index (χ0) is 34.3. The Morgan fingerprint density at radius 2 is 1.67 bits per heavy atom. The minimum absolute atomic E-state index is 0.0787. The van der Waals surface area contributed by atoms with Crippen molar-refractivity contribution in [2.75, 3.05) is 24.6 Å². The molecule has 1 atom stereocenters. The smallest absolute Gasteiger partial charge is 0.416 e. The Hall–Kier alpha value is -4.55. The number of rotatable bonds is 10. The van der Waals surface area contributed by atoms with Crippen molar-refractivity contribution in [1.29, 1.82) is 0 Å². The van der Waals surface area contributed by atoms with Gasteiger partial charge in [-0.05, 0) is 78.1 Å². The lowest BCUT2D eigenvalue weighted by Gasteiger charge is -2.26. The maximum absolute atomic E-state index is 14.0. The van der Waals surface area contributed by atoms with Crippen LogP contribution in [0, 0.1) is 0 Å². The second kappa shape index (κ2) is 12.8. The van der Waals surface area contributed by atoms with Crippen LogP contribution in [0.2, 0.25) is 5.02 Å². The van der Waals surface area contributed by atoms with Gasteiger partial charge in [0.2, 0.25) is 5.91 Å². The Morgan fingerprint density at radius 3 is 2.31 bits per heavy atom. The van der Waals surface area contributed by atoms with E-state index in [9.17, 15) is 31.2 Å². The van der Waals surface area contributed by atoms with E-state index in [2.05, 4.69) is 5.32 Å². The molecule has 2 aliphatic rings. The van der Waals surface area contributed by atoms with Crippen LogP contribution < -0.4 is 14.4 Å². The summed E-state index contributed by atoms with van der Waals surface area (Å²) in [5.41, 5.74) is 0.809. The van der Waals surface area contributed by atoms with Gasteiger partial charge in [0.05, 0.1) is 35.2 Å². The molecule has 6 rings (SSSR count). The summed E-state index contributed by atoms with van der Waals surface area (Å²) in [6, 6.07) is 21.1. The molecule has 8 nitrogen and oxygen atoms in total. The average molecular weight is 699 g/mol. The fourth-order valence-electron chi connectivity index (χ4n) is 5.96.